The Kier molecular flexibility index (Phi) is 14.0. The third kappa shape index (κ3) is 10.6. The Hall–Kier alpha value is -1.10. The molecule has 1 spiro atoms. The van der Waals surface area contributed by atoms with Gasteiger partial charge in [0.1, 0.15) is 18.3 Å². The number of ketones is 1. The van der Waals surface area contributed by atoms with Crippen LogP contribution in [0.4, 0.5) is 0 Å². The Morgan fingerprint density at radius 1 is 1.07 bits per heavy atom. The van der Waals surface area contributed by atoms with Crippen LogP contribution in [-0.2, 0) is 23.8 Å². The Balaban J connectivity index is 0.000000425. The van der Waals surface area contributed by atoms with Crippen molar-refractivity contribution < 1.29 is 28.9 Å². The summed E-state index contributed by atoms with van der Waals surface area (Å²) >= 11 is 0. The molecule has 0 saturated carbocycles. The maximum Gasteiger partial charge on any atom is 0.316 e. The standard InChI is InChI=1S/C23H42N2O4.C8H17NO2/c1-18(2)16-25-14-11-23(12-15-25)17-29-21(27)19(3)20(26)8-10-22(4,28-6)9-7-13-24(23)5;1-6-4-7(9(2)3)5-8(10)11-6/h18-19H,7-17H2,1-6H3;6-8,10H,4-5H2,1-3H3/t19?,22-;/m1./s1. The normalized spacial score (nSPS) is 33.5. The van der Waals surface area contributed by atoms with E-state index in [1.165, 1.54) is 0 Å². The highest BCUT2D eigenvalue weighted by molar-refractivity contribution is 5.98. The third-order valence-corrected chi connectivity index (χ3v) is 9.33. The minimum atomic E-state index is -0.708. The van der Waals surface area contributed by atoms with Crippen LogP contribution in [0.2, 0.25) is 0 Å². The lowest BCUT2D eigenvalue weighted by molar-refractivity contribution is -0.172. The molecule has 3 saturated heterocycles. The molecule has 5 atom stereocenters. The molecule has 3 fully saturated rings. The summed E-state index contributed by atoms with van der Waals surface area (Å²) in [6.45, 7) is 14.7. The Morgan fingerprint density at radius 3 is 2.27 bits per heavy atom. The average Bonchev–Trinajstić information content (AvgIpc) is 2.90. The molecule has 3 heterocycles. The number of cyclic esters (lactones) is 1. The zero-order valence-electron chi connectivity index (χ0n) is 26.9. The van der Waals surface area contributed by atoms with Crippen LogP contribution in [0.5, 0.6) is 0 Å². The summed E-state index contributed by atoms with van der Waals surface area (Å²) in [6, 6.07) is 0.466. The molecule has 9 heteroatoms. The first-order chi connectivity index (χ1) is 18.7. The van der Waals surface area contributed by atoms with Gasteiger partial charge in [-0.2, -0.15) is 0 Å². The number of nitrogens with zero attached hydrogens (tertiary/aromatic N) is 3. The van der Waals surface area contributed by atoms with Crippen molar-refractivity contribution in [2.24, 2.45) is 11.8 Å². The number of rotatable bonds is 4. The van der Waals surface area contributed by atoms with Crippen molar-refractivity contribution in [2.45, 2.75) is 116 Å². The summed E-state index contributed by atoms with van der Waals surface area (Å²) in [6.07, 6.45) is 6.22. The molecule has 0 aromatic heterocycles. The minimum absolute atomic E-state index is 0.0494. The molecule has 0 aromatic rings. The SMILES string of the molecule is CC1CC(N(C)C)CC(O)O1.CO[C@]1(C)CCCN(C)C2(CCN(CC(C)C)CC2)COC(=O)C(C)C(=O)CC1. The van der Waals surface area contributed by atoms with E-state index >= 15 is 0 Å². The Morgan fingerprint density at radius 2 is 1.73 bits per heavy atom. The molecule has 0 bridgehead atoms. The largest absolute Gasteiger partial charge is 0.463 e. The molecule has 3 aliphatic rings. The molecule has 3 rings (SSSR count). The quantitative estimate of drug-likeness (QED) is 0.403. The fourth-order valence-electron chi connectivity index (χ4n) is 6.14. The van der Waals surface area contributed by atoms with Crippen molar-refractivity contribution in [3.8, 4) is 0 Å². The van der Waals surface area contributed by atoms with Gasteiger partial charge in [-0.1, -0.05) is 13.8 Å². The van der Waals surface area contributed by atoms with E-state index in [1.54, 1.807) is 14.0 Å². The number of ether oxygens (including phenoxy) is 3. The number of likely N-dealkylation sites (N-methyl/N-ethyl adjacent to an activating group) is 1. The summed E-state index contributed by atoms with van der Waals surface area (Å²) in [5, 5.41) is 9.25. The van der Waals surface area contributed by atoms with Crippen LogP contribution < -0.4 is 0 Å². The van der Waals surface area contributed by atoms with Crippen LogP contribution in [0.1, 0.15) is 86.0 Å². The lowest BCUT2D eigenvalue weighted by atomic mass is 9.85. The van der Waals surface area contributed by atoms with Gasteiger partial charge >= 0.3 is 5.97 Å². The van der Waals surface area contributed by atoms with Crippen LogP contribution in [0.3, 0.4) is 0 Å². The van der Waals surface area contributed by atoms with Gasteiger partial charge < -0.3 is 29.1 Å². The lowest BCUT2D eigenvalue weighted by Crippen LogP contribution is -2.57. The van der Waals surface area contributed by atoms with E-state index in [4.69, 9.17) is 14.2 Å². The highest BCUT2D eigenvalue weighted by atomic mass is 16.6. The van der Waals surface area contributed by atoms with Crippen LogP contribution in [0.25, 0.3) is 0 Å². The topological polar surface area (TPSA) is 91.8 Å². The van der Waals surface area contributed by atoms with Crippen LogP contribution in [-0.4, -0.2) is 122 Å². The second-order valence-electron chi connectivity index (χ2n) is 13.4. The predicted octanol–water partition coefficient (Wildman–Crippen LogP) is 3.57. The molecule has 234 valence electrons. The smallest absolute Gasteiger partial charge is 0.316 e. The molecule has 1 N–H and O–H groups in total. The highest BCUT2D eigenvalue weighted by Gasteiger charge is 2.41. The van der Waals surface area contributed by atoms with E-state index in [0.717, 1.165) is 64.7 Å². The molecule has 9 nitrogen and oxygen atoms in total. The summed E-state index contributed by atoms with van der Waals surface area (Å²) in [4.78, 5) is 32.2. The van der Waals surface area contributed by atoms with Crippen molar-refractivity contribution >= 4 is 11.8 Å². The number of aliphatic hydroxyl groups is 1. The molecule has 3 aliphatic heterocycles. The summed E-state index contributed by atoms with van der Waals surface area (Å²) in [5.41, 5.74) is -0.481. The van der Waals surface area contributed by atoms with Gasteiger partial charge in [0.15, 0.2) is 6.29 Å². The van der Waals surface area contributed by atoms with Gasteiger partial charge in [-0.25, -0.2) is 0 Å². The van der Waals surface area contributed by atoms with Gasteiger partial charge in [-0.05, 0) is 92.9 Å². The second-order valence-corrected chi connectivity index (χ2v) is 13.4. The van der Waals surface area contributed by atoms with Gasteiger partial charge in [0.05, 0.1) is 17.2 Å². The van der Waals surface area contributed by atoms with E-state index in [0.29, 0.717) is 31.4 Å². The van der Waals surface area contributed by atoms with Gasteiger partial charge in [0.2, 0.25) is 0 Å². The number of carbonyl (C=O) groups excluding carboxylic acids is 2. The van der Waals surface area contributed by atoms with Crippen molar-refractivity contribution in [1.29, 1.82) is 0 Å². The molecule has 40 heavy (non-hydrogen) atoms. The molecule has 0 radical (unpaired) electrons. The van der Waals surface area contributed by atoms with E-state index in [1.807, 2.05) is 21.0 Å². The number of likely N-dealkylation sites (tertiary alicyclic amines) is 1. The molecular weight excluding hydrogens is 510 g/mol. The molecule has 4 unspecified atom stereocenters. The van der Waals surface area contributed by atoms with E-state index < -0.39 is 12.2 Å². The predicted molar refractivity (Wildman–Crippen MR) is 158 cm³/mol. The maximum atomic E-state index is 12.6. The number of Topliss-reactive ketones (excluding diaryl/α,β-unsaturated/α-hetero) is 1. The van der Waals surface area contributed by atoms with Crippen molar-refractivity contribution in [2.75, 3.05) is 61.0 Å². The summed E-state index contributed by atoms with van der Waals surface area (Å²) in [7, 11) is 7.95. The van der Waals surface area contributed by atoms with Gasteiger partial charge in [-0.3, -0.25) is 14.5 Å². The fourth-order valence-corrected chi connectivity index (χ4v) is 6.14. The first-order valence-electron chi connectivity index (χ1n) is 15.4. The maximum absolute atomic E-state index is 12.6. The van der Waals surface area contributed by atoms with Gasteiger partial charge in [0, 0.05) is 45.6 Å². The number of hydrogen-bond acceptors (Lipinski definition) is 9. The van der Waals surface area contributed by atoms with Gasteiger partial charge in [-0.15, -0.1) is 0 Å². The number of hydrogen-bond donors (Lipinski definition) is 1. The summed E-state index contributed by atoms with van der Waals surface area (Å²) in [5.74, 6) is -0.490. The molecule has 0 amide bonds. The molecular formula is C31H59N3O6. The number of aliphatic hydroxyl groups excluding tert-OH is 1. The zero-order chi connectivity index (χ0) is 30.1. The first-order valence-corrected chi connectivity index (χ1v) is 15.4. The highest BCUT2D eigenvalue weighted by Crippen LogP contribution is 2.32. The van der Waals surface area contributed by atoms with Crippen molar-refractivity contribution in [1.82, 2.24) is 14.7 Å². The Labute approximate surface area is 243 Å². The van der Waals surface area contributed by atoms with E-state index in [9.17, 15) is 14.7 Å². The monoisotopic (exact) mass is 569 g/mol. The summed E-state index contributed by atoms with van der Waals surface area (Å²) < 4.78 is 16.7. The van der Waals surface area contributed by atoms with E-state index in [2.05, 4.69) is 42.5 Å². The van der Waals surface area contributed by atoms with Crippen LogP contribution in [0, 0.1) is 11.8 Å². The number of piperidine rings is 1. The third-order valence-electron chi connectivity index (χ3n) is 9.33. The second kappa shape index (κ2) is 15.9. The van der Waals surface area contributed by atoms with Crippen LogP contribution in [0.15, 0.2) is 0 Å². The molecule has 0 aliphatic carbocycles. The average molecular weight is 570 g/mol. The minimum Gasteiger partial charge on any atom is -0.463 e. The Bertz CT molecular complexity index is 775. The van der Waals surface area contributed by atoms with Crippen molar-refractivity contribution in [3.05, 3.63) is 0 Å². The van der Waals surface area contributed by atoms with Crippen LogP contribution >= 0.6 is 0 Å². The van der Waals surface area contributed by atoms with Crippen molar-refractivity contribution in [3.63, 3.8) is 0 Å². The molecule has 0 aromatic carbocycles. The number of carbonyl (C=O) groups is 2. The van der Waals surface area contributed by atoms with E-state index in [-0.39, 0.29) is 29.0 Å². The lowest BCUT2D eigenvalue weighted by Gasteiger charge is -2.47. The first kappa shape index (κ1) is 35.1. The fraction of sp³-hybridized carbons (Fsp3) is 0.935. The van der Waals surface area contributed by atoms with Gasteiger partial charge in [0.25, 0.3) is 0 Å². The zero-order valence-corrected chi connectivity index (χ0v) is 26.9. The number of esters is 1. The number of methoxy groups -OCH3 is 1.